The van der Waals surface area contributed by atoms with E-state index in [9.17, 15) is 4.79 Å². The zero-order chi connectivity index (χ0) is 22.9. The minimum absolute atomic E-state index is 0.374. The van der Waals surface area contributed by atoms with E-state index in [-0.39, 0.29) is 0 Å². The second kappa shape index (κ2) is 8.66. The summed E-state index contributed by atoms with van der Waals surface area (Å²) in [6.45, 7) is 3.58. The lowest BCUT2D eigenvalue weighted by atomic mass is 10.1. The molecule has 0 atom stereocenters. The molecule has 1 aliphatic rings. The van der Waals surface area contributed by atoms with Crippen molar-refractivity contribution in [3.63, 3.8) is 0 Å². The minimum atomic E-state index is -0.512. The SMILES string of the molecule is Cn1nnnc1Cc1ccc(N2CCCN(c3ccnc4sc(C(N)=O)c(N)c34)CC2)cc1. The Balaban J connectivity index is 1.32. The van der Waals surface area contributed by atoms with Crippen LogP contribution < -0.4 is 21.3 Å². The number of fused-ring (bicyclic) bond motifs is 1. The molecule has 0 radical (unpaired) electrons. The van der Waals surface area contributed by atoms with Gasteiger partial charge in [0.05, 0.1) is 16.8 Å². The first-order valence-electron chi connectivity index (χ1n) is 10.8. The molecule has 33 heavy (non-hydrogen) atoms. The highest BCUT2D eigenvalue weighted by atomic mass is 32.1. The van der Waals surface area contributed by atoms with Gasteiger partial charge in [-0.15, -0.1) is 16.4 Å². The lowest BCUT2D eigenvalue weighted by Gasteiger charge is -2.25. The number of hydrogen-bond donors (Lipinski definition) is 2. The summed E-state index contributed by atoms with van der Waals surface area (Å²) in [7, 11) is 1.85. The van der Waals surface area contributed by atoms with Crippen LogP contribution in [0, 0.1) is 0 Å². The van der Waals surface area contributed by atoms with E-state index >= 15 is 0 Å². The van der Waals surface area contributed by atoms with Crippen LogP contribution in [0.4, 0.5) is 17.1 Å². The summed E-state index contributed by atoms with van der Waals surface area (Å²) in [6.07, 6.45) is 3.47. The number of tetrazole rings is 1. The number of amides is 1. The van der Waals surface area contributed by atoms with Crippen LogP contribution in [0.25, 0.3) is 10.2 Å². The molecular formula is C22H25N9OS. The fourth-order valence-electron chi connectivity index (χ4n) is 4.30. The number of anilines is 3. The molecule has 1 saturated heterocycles. The monoisotopic (exact) mass is 463 g/mol. The zero-order valence-corrected chi connectivity index (χ0v) is 19.1. The number of primary amides is 1. The molecule has 11 heteroatoms. The Morgan fingerprint density at radius 2 is 1.85 bits per heavy atom. The lowest BCUT2D eigenvalue weighted by molar-refractivity contribution is 0.100. The third-order valence-corrected chi connectivity index (χ3v) is 7.17. The first kappa shape index (κ1) is 21.1. The van der Waals surface area contributed by atoms with Crippen LogP contribution in [0.3, 0.4) is 0 Å². The Morgan fingerprint density at radius 1 is 1.09 bits per heavy atom. The number of carbonyl (C=O) groups is 1. The van der Waals surface area contributed by atoms with E-state index < -0.39 is 5.91 Å². The van der Waals surface area contributed by atoms with Gasteiger partial charge >= 0.3 is 0 Å². The Kier molecular flexibility index (Phi) is 5.55. The van der Waals surface area contributed by atoms with Gasteiger partial charge in [0, 0.05) is 51.5 Å². The highest BCUT2D eigenvalue weighted by Gasteiger charge is 2.22. The predicted molar refractivity (Wildman–Crippen MR) is 130 cm³/mol. The molecule has 1 amide bonds. The summed E-state index contributed by atoms with van der Waals surface area (Å²) < 4.78 is 1.69. The number of benzene rings is 1. The number of hydrogen-bond acceptors (Lipinski definition) is 9. The number of nitrogens with zero attached hydrogens (tertiary/aromatic N) is 7. The number of aromatic nitrogens is 5. The van der Waals surface area contributed by atoms with Crippen molar-refractivity contribution in [2.24, 2.45) is 12.8 Å². The Labute approximate surface area is 194 Å². The molecule has 4 heterocycles. The van der Waals surface area contributed by atoms with Crippen molar-refractivity contribution in [2.45, 2.75) is 12.8 Å². The molecule has 0 bridgehead atoms. The van der Waals surface area contributed by atoms with Gasteiger partial charge in [0.15, 0.2) is 5.82 Å². The summed E-state index contributed by atoms with van der Waals surface area (Å²) in [4.78, 5) is 22.0. The molecule has 3 aromatic heterocycles. The average molecular weight is 464 g/mol. The second-order valence-corrected chi connectivity index (χ2v) is 9.11. The van der Waals surface area contributed by atoms with Gasteiger partial charge in [-0.25, -0.2) is 9.67 Å². The van der Waals surface area contributed by atoms with Gasteiger partial charge in [0.2, 0.25) is 0 Å². The largest absolute Gasteiger partial charge is 0.397 e. The average Bonchev–Trinajstić information content (AvgIpc) is 3.27. The van der Waals surface area contributed by atoms with Crippen molar-refractivity contribution in [3.05, 3.63) is 52.8 Å². The Bertz CT molecular complexity index is 1300. The van der Waals surface area contributed by atoms with Crippen LogP contribution in [0.2, 0.25) is 0 Å². The zero-order valence-electron chi connectivity index (χ0n) is 18.3. The molecule has 0 unspecified atom stereocenters. The normalized spacial score (nSPS) is 14.6. The van der Waals surface area contributed by atoms with Gasteiger partial charge in [-0.3, -0.25) is 4.79 Å². The molecule has 4 N–H and O–H groups in total. The first-order valence-corrected chi connectivity index (χ1v) is 11.6. The van der Waals surface area contributed by atoms with Crippen molar-refractivity contribution in [1.29, 1.82) is 0 Å². The van der Waals surface area contributed by atoms with Gasteiger partial charge in [-0.2, -0.15) is 0 Å². The maximum Gasteiger partial charge on any atom is 0.260 e. The molecule has 5 rings (SSSR count). The molecule has 0 spiro atoms. The summed E-state index contributed by atoms with van der Waals surface area (Å²) in [5, 5.41) is 12.5. The van der Waals surface area contributed by atoms with Crippen LogP contribution in [-0.4, -0.2) is 57.3 Å². The molecule has 170 valence electrons. The summed E-state index contributed by atoms with van der Waals surface area (Å²) in [6, 6.07) is 10.6. The summed E-state index contributed by atoms with van der Waals surface area (Å²) in [5.41, 5.74) is 15.6. The minimum Gasteiger partial charge on any atom is -0.397 e. The fraction of sp³-hybridized carbons (Fsp3) is 0.318. The molecule has 0 saturated carbocycles. The van der Waals surface area contributed by atoms with Crippen molar-refractivity contribution in [1.82, 2.24) is 25.2 Å². The van der Waals surface area contributed by atoms with E-state index in [2.05, 4.69) is 54.6 Å². The fourth-order valence-corrected chi connectivity index (χ4v) is 5.23. The van der Waals surface area contributed by atoms with Crippen molar-refractivity contribution in [3.8, 4) is 0 Å². The van der Waals surface area contributed by atoms with Gasteiger partial charge in [-0.05, 0) is 40.6 Å². The third-order valence-electron chi connectivity index (χ3n) is 6.04. The summed E-state index contributed by atoms with van der Waals surface area (Å²) in [5.74, 6) is 0.325. The molecule has 10 nitrogen and oxygen atoms in total. The van der Waals surface area contributed by atoms with Crippen LogP contribution in [0.1, 0.15) is 27.5 Å². The van der Waals surface area contributed by atoms with Gasteiger partial charge in [0.1, 0.15) is 9.71 Å². The van der Waals surface area contributed by atoms with Gasteiger partial charge < -0.3 is 21.3 Å². The van der Waals surface area contributed by atoms with E-state index in [4.69, 9.17) is 11.5 Å². The number of aryl methyl sites for hydroxylation is 1. The maximum absolute atomic E-state index is 11.8. The molecule has 1 aromatic carbocycles. The Hall–Kier alpha value is -3.73. The molecule has 1 fully saturated rings. The molecular weight excluding hydrogens is 438 g/mol. The van der Waals surface area contributed by atoms with Crippen LogP contribution in [0.15, 0.2) is 36.5 Å². The smallest absolute Gasteiger partial charge is 0.260 e. The number of rotatable bonds is 5. The molecule has 4 aromatic rings. The molecule has 1 aliphatic heterocycles. The number of nitrogens with two attached hydrogens (primary N) is 2. The van der Waals surface area contributed by atoms with Crippen molar-refractivity contribution in [2.75, 3.05) is 41.7 Å². The summed E-state index contributed by atoms with van der Waals surface area (Å²) >= 11 is 1.25. The number of pyridine rings is 1. The van der Waals surface area contributed by atoms with Gasteiger partial charge in [-0.1, -0.05) is 12.1 Å². The quantitative estimate of drug-likeness (QED) is 0.458. The highest BCUT2D eigenvalue weighted by Crippen LogP contribution is 2.38. The van der Waals surface area contributed by atoms with E-state index in [0.717, 1.165) is 54.3 Å². The standard InChI is InChI=1S/C22H25N9OS/c1-29-17(26-27-28-29)13-14-3-5-15(6-4-14)30-9-2-10-31(12-11-30)16-7-8-25-22-18(16)19(23)20(33-22)21(24)32/h3-8H,2,9-13,23H2,1H3,(H2,24,32). The maximum atomic E-state index is 11.8. The van der Waals surface area contributed by atoms with Crippen LogP contribution >= 0.6 is 11.3 Å². The second-order valence-electron chi connectivity index (χ2n) is 8.11. The van der Waals surface area contributed by atoms with Crippen molar-refractivity contribution < 1.29 is 4.79 Å². The third kappa shape index (κ3) is 4.07. The van der Waals surface area contributed by atoms with E-state index in [0.29, 0.717) is 17.0 Å². The highest BCUT2D eigenvalue weighted by molar-refractivity contribution is 7.21. The van der Waals surface area contributed by atoms with E-state index in [1.165, 1.54) is 22.6 Å². The van der Waals surface area contributed by atoms with Crippen LogP contribution in [0.5, 0.6) is 0 Å². The van der Waals surface area contributed by atoms with Crippen molar-refractivity contribution >= 4 is 44.5 Å². The topological polar surface area (TPSA) is 132 Å². The molecule has 0 aliphatic carbocycles. The van der Waals surface area contributed by atoms with E-state index in [1.807, 2.05) is 13.1 Å². The first-order chi connectivity index (χ1) is 16.0. The Morgan fingerprint density at radius 3 is 2.58 bits per heavy atom. The van der Waals surface area contributed by atoms with Crippen LogP contribution in [-0.2, 0) is 13.5 Å². The predicted octanol–water partition coefficient (Wildman–Crippen LogP) is 1.81. The lowest BCUT2D eigenvalue weighted by Crippen LogP contribution is -2.30. The number of nitrogen functional groups attached to an aromatic ring is 1. The number of carbonyl (C=O) groups excluding carboxylic acids is 1. The van der Waals surface area contributed by atoms with Gasteiger partial charge in [0.25, 0.3) is 5.91 Å². The van der Waals surface area contributed by atoms with E-state index in [1.54, 1.807) is 10.9 Å². The number of thiophene rings is 1.